The molecule has 1 fully saturated rings. The molecule has 1 saturated heterocycles. The molecule has 2 aromatic rings. The highest BCUT2D eigenvalue weighted by molar-refractivity contribution is 14.0. The van der Waals surface area contributed by atoms with E-state index in [2.05, 4.69) is 57.4 Å². The molecular weight excluding hydrogens is 507 g/mol. The lowest BCUT2D eigenvalue weighted by molar-refractivity contribution is 0.166. The maximum atomic E-state index is 6.15. The lowest BCUT2D eigenvalue weighted by Crippen LogP contribution is -2.37. The number of hydrogen-bond acceptors (Lipinski definition) is 5. The fourth-order valence-corrected chi connectivity index (χ4v) is 3.86. The summed E-state index contributed by atoms with van der Waals surface area (Å²) in [6, 6.07) is 6.31. The quantitative estimate of drug-likeness (QED) is 0.305. The molecule has 1 aromatic carbocycles. The van der Waals surface area contributed by atoms with Gasteiger partial charge in [-0.1, -0.05) is 12.1 Å². The van der Waals surface area contributed by atoms with E-state index in [0.29, 0.717) is 25.6 Å². The van der Waals surface area contributed by atoms with Crippen molar-refractivity contribution in [2.75, 3.05) is 26.4 Å². The second-order valence-electron chi connectivity index (χ2n) is 7.99. The average Bonchev–Trinajstić information content (AvgIpc) is 3.48. The molecule has 0 bridgehead atoms. The second-order valence-corrected chi connectivity index (χ2v) is 7.99. The van der Waals surface area contributed by atoms with Crippen molar-refractivity contribution in [3.63, 3.8) is 0 Å². The molecule has 3 heterocycles. The SMILES string of the molecule is CCNC(=NCc1ccc(C)cc1OCC1CCOC1)NCc1nnc2n1CCC2.I. The molecule has 0 amide bonds. The Morgan fingerprint density at radius 2 is 2.23 bits per heavy atom. The zero-order valence-corrected chi connectivity index (χ0v) is 20.7. The molecule has 0 radical (unpaired) electrons. The molecule has 0 saturated carbocycles. The summed E-state index contributed by atoms with van der Waals surface area (Å²) in [5, 5.41) is 15.3. The van der Waals surface area contributed by atoms with Crippen molar-refractivity contribution in [2.24, 2.45) is 10.9 Å². The summed E-state index contributed by atoms with van der Waals surface area (Å²) in [6.45, 7) is 9.42. The van der Waals surface area contributed by atoms with Crippen LogP contribution in [0.3, 0.4) is 0 Å². The first-order chi connectivity index (χ1) is 14.7. The van der Waals surface area contributed by atoms with Crippen LogP contribution in [0.1, 0.15) is 42.5 Å². The normalized spacial score (nSPS) is 17.9. The van der Waals surface area contributed by atoms with Gasteiger partial charge in [0.15, 0.2) is 11.8 Å². The van der Waals surface area contributed by atoms with Gasteiger partial charge in [0.1, 0.15) is 11.6 Å². The van der Waals surface area contributed by atoms with Gasteiger partial charge >= 0.3 is 0 Å². The summed E-state index contributed by atoms with van der Waals surface area (Å²) in [7, 11) is 0. The summed E-state index contributed by atoms with van der Waals surface area (Å²) in [5.41, 5.74) is 2.27. The van der Waals surface area contributed by atoms with Gasteiger partial charge in [-0.3, -0.25) is 0 Å². The molecule has 0 aliphatic carbocycles. The number of benzene rings is 1. The number of hydrogen-bond donors (Lipinski definition) is 2. The Balaban J connectivity index is 0.00000272. The highest BCUT2D eigenvalue weighted by atomic mass is 127. The number of guanidine groups is 1. The Bertz CT molecular complexity index is 879. The van der Waals surface area contributed by atoms with E-state index in [1.807, 2.05) is 0 Å². The van der Waals surface area contributed by atoms with Crippen LogP contribution < -0.4 is 15.4 Å². The third-order valence-electron chi connectivity index (χ3n) is 5.57. The van der Waals surface area contributed by atoms with Crippen LogP contribution in [0.5, 0.6) is 5.75 Å². The van der Waals surface area contributed by atoms with Gasteiger partial charge in [-0.25, -0.2) is 4.99 Å². The van der Waals surface area contributed by atoms with Crippen molar-refractivity contribution in [3.05, 3.63) is 41.0 Å². The first kappa shape index (κ1) is 23.8. The summed E-state index contributed by atoms with van der Waals surface area (Å²) in [5.74, 6) is 4.21. The number of aromatic nitrogens is 3. The van der Waals surface area contributed by atoms with Gasteiger partial charge in [-0.15, -0.1) is 34.2 Å². The van der Waals surface area contributed by atoms with Crippen molar-refractivity contribution < 1.29 is 9.47 Å². The highest BCUT2D eigenvalue weighted by Crippen LogP contribution is 2.23. The number of nitrogens with zero attached hydrogens (tertiary/aromatic N) is 4. The van der Waals surface area contributed by atoms with Crippen molar-refractivity contribution >= 4 is 29.9 Å². The molecule has 170 valence electrons. The summed E-state index contributed by atoms with van der Waals surface area (Å²) in [4.78, 5) is 4.78. The van der Waals surface area contributed by atoms with Crippen LogP contribution in [-0.4, -0.2) is 47.1 Å². The van der Waals surface area contributed by atoms with Crippen molar-refractivity contribution in [1.29, 1.82) is 0 Å². The van der Waals surface area contributed by atoms with Crippen LogP contribution in [-0.2, 0) is 30.8 Å². The summed E-state index contributed by atoms with van der Waals surface area (Å²) in [6.07, 6.45) is 3.24. The van der Waals surface area contributed by atoms with Gasteiger partial charge in [0, 0.05) is 37.6 Å². The first-order valence-corrected chi connectivity index (χ1v) is 11.0. The first-order valence-electron chi connectivity index (χ1n) is 11.0. The van der Waals surface area contributed by atoms with Gasteiger partial charge in [-0.05, 0) is 38.3 Å². The number of aryl methyl sites for hydroxylation is 2. The van der Waals surface area contributed by atoms with Gasteiger partial charge < -0.3 is 24.7 Å². The molecule has 8 nitrogen and oxygen atoms in total. The Kier molecular flexibility index (Phi) is 8.94. The number of aliphatic imine (C=N–C) groups is 1. The monoisotopic (exact) mass is 540 g/mol. The molecule has 2 aliphatic heterocycles. The molecular formula is C22H33IN6O2. The topological polar surface area (TPSA) is 85.6 Å². The molecule has 2 aliphatic rings. The lowest BCUT2D eigenvalue weighted by atomic mass is 10.1. The molecule has 1 atom stereocenters. The van der Waals surface area contributed by atoms with E-state index < -0.39 is 0 Å². The Labute approximate surface area is 201 Å². The standard InChI is InChI=1S/C22H32N6O2.HI/c1-3-23-22(25-13-21-27-26-20-5-4-9-28(20)21)24-12-18-7-6-16(2)11-19(18)30-15-17-8-10-29-14-17;/h6-7,11,17H,3-5,8-10,12-15H2,1-2H3,(H2,23,24,25);1H. The van der Waals surface area contributed by atoms with E-state index >= 15 is 0 Å². The zero-order chi connectivity index (χ0) is 20.8. The van der Waals surface area contributed by atoms with Gasteiger partial charge in [-0.2, -0.15) is 0 Å². The summed E-state index contributed by atoms with van der Waals surface area (Å²) < 4.78 is 13.8. The number of rotatable bonds is 8. The fraction of sp³-hybridized carbons (Fsp3) is 0.591. The highest BCUT2D eigenvalue weighted by Gasteiger charge is 2.18. The smallest absolute Gasteiger partial charge is 0.191 e. The van der Waals surface area contributed by atoms with Gasteiger partial charge in [0.25, 0.3) is 0 Å². The van der Waals surface area contributed by atoms with Gasteiger partial charge in [0.2, 0.25) is 0 Å². The molecule has 31 heavy (non-hydrogen) atoms. The minimum absolute atomic E-state index is 0. The number of halogens is 1. The van der Waals surface area contributed by atoms with Crippen LogP contribution in [0.15, 0.2) is 23.2 Å². The number of fused-ring (bicyclic) bond motifs is 1. The lowest BCUT2D eigenvalue weighted by Gasteiger charge is -2.15. The third kappa shape index (κ3) is 6.31. The average molecular weight is 540 g/mol. The molecule has 1 aromatic heterocycles. The van der Waals surface area contributed by atoms with E-state index in [-0.39, 0.29) is 24.0 Å². The van der Waals surface area contributed by atoms with Crippen LogP contribution in [0.25, 0.3) is 0 Å². The molecule has 0 spiro atoms. The largest absolute Gasteiger partial charge is 0.493 e. The predicted octanol–water partition coefficient (Wildman–Crippen LogP) is 2.82. The molecule has 9 heteroatoms. The van der Waals surface area contributed by atoms with Crippen molar-refractivity contribution in [1.82, 2.24) is 25.4 Å². The van der Waals surface area contributed by atoms with E-state index in [4.69, 9.17) is 14.5 Å². The number of nitrogens with one attached hydrogen (secondary N) is 2. The maximum absolute atomic E-state index is 6.15. The maximum Gasteiger partial charge on any atom is 0.191 e. The number of ether oxygens (including phenoxy) is 2. The predicted molar refractivity (Wildman–Crippen MR) is 131 cm³/mol. The van der Waals surface area contributed by atoms with Crippen LogP contribution in [0.4, 0.5) is 0 Å². The second kappa shape index (κ2) is 11.7. The Morgan fingerprint density at radius 1 is 1.32 bits per heavy atom. The minimum atomic E-state index is 0. The van der Waals surface area contributed by atoms with Crippen molar-refractivity contribution in [2.45, 2.75) is 52.7 Å². The van der Waals surface area contributed by atoms with Crippen LogP contribution in [0.2, 0.25) is 0 Å². The van der Waals surface area contributed by atoms with E-state index in [9.17, 15) is 0 Å². The zero-order valence-electron chi connectivity index (χ0n) is 18.4. The molecule has 4 rings (SSSR count). The minimum Gasteiger partial charge on any atom is -0.493 e. The van der Waals surface area contributed by atoms with E-state index in [0.717, 1.165) is 74.5 Å². The van der Waals surface area contributed by atoms with E-state index in [1.54, 1.807) is 0 Å². The Morgan fingerprint density at radius 3 is 3.03 bits per heavy atom. The molecule has 1 unspecified atom stereocenters. The molecule has 2 N–H and O–H groups in total. The van der Waals surface area contributed by atoms with Crippen LogP contribution in [0, 0.1) is 12.8 Å². The fourth-order valence-electron chi connectivity index (χ4n) is 3.86. The van der Waals surface area contributed by atoms with E-state index in [1.165, 1.54) is 5.56 Å². The summed E-state index contributed by atoms with van der Waals surface area (Å²) >= 11 is 0. The van der Waals surface area contributed by atoms with Crippen molar-refractivity contribution in [3.8, 4) is 5.75 Å². The Hall–Kier alpha value is -1.88. The van der Waals surface area contributed by atoms with Gasteiger partial charge in [0.05, 0.1) is 26.3 Å². The van der Waals surface area contributed by atoms with Crippen LogP contribution >= 0.6 is 24.0 Å². The third-order valence-corrected chi connectivity index (χ3v) is 5.57.